The van der Waals surface area contributed by atoms with Gasteiger partial charge >= 0.3 is 0 Å². The lowest BCUT2D eigenvalue weighted by molar-refractivity contribution is 0.388. The highest BCUT2D eigenvalue weighted by atomic mass is 16.5. The van der Waals surface area contributed by atoms with Crippen LogP contribution in [0.4, 0.5) is 5.69 Å². The summed E-state index contributed by atoms with van der Waals surface area (Å²) >= 11 is 0. The Kier molecular flexibility index (Phi) is 1.66. The maximum atomic E-state index is 8.95. The first-order valence-corrected chi connectivity index (χ1v) is 4.70. The van der Waals surface area contributed by atoms with Crippen molar-refractivity contribution in [3.63, 3.8) is 0 Å². The molecule has 0 unspecified atom stereocenters. The van der Waals surface area contributed by atoms with Crippen LogP contribution >= 0.6 is 0 Å². The molecule has 2 aromatic carbocycles. The summed E-state index contributed by atoms with van der Waals surface area (Å²) in [6.45, 7) is 0. The van der Waals surface area contributed by atoms with Crippen molar-refractivity contribution in [3.8, 4) is 0 Å². The average molecular weight is 199 g/mol. The van der Waals surface area contributed by atoms with Crippen LogP contribution in [0, 0.1) is 0 Å². The lowest BCUT2D eigenvalue weighted by Gasteiger charge is -1.97. The van der Waals surface area contributed by atoms with Gasteiger partial charge in [0.15, 0.2) is 5.58 Å². The summed E-state index contributed by atoms with van der Waals surface area (Å²) in [5.41, 5.74) is 4.23. The molecule has 1 aromatic heterocycles. The first-order valence-electron chi connectivity index (χ1n) is 4.70. The van der Waals surface area contributed by atoms with Crippen LogP contribution in [-0.2, 0) is 0 Å². The van der Waals surface area contributed by atoms with Crippen LogP contribution < -0.4 is 5.48 Å². The summed E-state index contributed by atoms with van der Waals surface area (Å²) < 4.78 is 5.65. The molecule has 0 aliphatic rings. The van der Waals surface area contributed by atoms with Crippen molar-refractivity contribution in [2.45, 2.75) is 0 Å². The monoisotopic (exact) mass is 199 g/mol. The van der Waals surface area contributed by atoms with Gasteiger partial charge in [-0.05, 0) is 12.1 Å². The number of hydrogen-bond donors (Lipinski definition) is 2. The van der Waals surface area contributed by atoms with E-state index in [1.807, 2.05) is 36.4 Å². The summed E-state index contributed by atoms with van der Waals surface area (Å²) in [6.07, 6.45) is 0. The zero-order valence-corrected chi connectivity index (χ0v) is 7.90. The molecule has 15 heavy (non-hydrogen) atoms. The van der Waals surface area contributed by atoms with Gasteiger partial charge in [-0.15, -0.1) is 0 Å². The Hall–Kier alpha value is -2.00. The average Bonchev–Trinajstić information content (AvgIpc) is 2.67. The van der Waals surface area contributed by atoms with E-state index in [9.17, 15) is 0 Å². The number of fused-ring (bicyclic) bond motifs is 3. The lowest BCUT2D eigenvalue weighted by atomic mass is 10.1. The predicted molar refractivity (Wildman–Crippen MR) is 59.1 cm³/mol. The van der Waals surface area contributed by atoms with E-state index in [2.05, 4.69) is 5.48 Å². The van der Waals surface area contributed by atoms with Gasteiger partial charge in [0.2, 0.25) is 0 Å². The van der Waals surface area contributed by atoms with E-state index in [0.717, 1.165) is 16.4 Å². The fourth-order valence-corrected chi connectivity index (χ4v) is 1.84. The minimum Gasteiger partial charge on any atom is -0.454 e. The molecule has 0 fully saturated rings. The number of para-hydroxylation sites is 2. The largest absolute Gasteiger partial charge is 0.454 e. The van der Waals surface area contributed by atoms with Crippen LogP contribution in [0.3, 0.4) is 0 Å². The highest BCUT2D eigenvalue weighted by Crippen LogP contribution is 2.32. The number of benzene rings is 2. The molecule has 0 bridgehead atoms. The second kappa shape index (κ2) is 3.00. The maximum Gasteiger partial charge on any atom is 0.160 e. The van der Waals surface area contributed by atoms with Crippen molar-refractivity contribution in [2.75, 3.05) is 5.48 Å². The molecule has 0 saturated carbocycles. The molecule has 3 rings (SSSR count). The van der Waals surface area contributed by atoms with Gasteiger partial charge in [-0.3, -0.25) is 10.7 Å². The van der Waals surface area contributed by atoms with Crippen LogP contribution in [0.25, 0.3) is 21.9 Å². The summed E-state index contributed by atoms with van der Waals surface area (Å²) in [4.78, 5) is 0. The molecule has 3 aromatic rings. The predicted octanol–water partition coefficient (Wildman–Crippen LogP) is 3.39. The smallest absolute Gasteiger partial charge is 0.160 e. The van der Waals surface area contributed by atoms with Gasteiger partial charge in [0.1, 0.15) is 11.3 Å². The van der Waals surface area contributed by atoms with Crippen molar-refractivity contribution in [1.82, 2.24) is 0 Å². The van der Waals surface area contributed by atoms with Gasteiger partial charge in [-0.2, -0.15) is 0 Å². The minimum atomic E-state index is 0.587. The van der Waals surface area contributed by atoms with Crippen LogP contribution in [-0.4, -0.2) is 5.21 Å². The summed E-state index contributed by atoms with van der Waals surface area (Å²) in [5, 5.41) is 11.0. The zero-order valence-electron chi connectivity index (χ0n) is 7.90. The van der Waals surface area contributed by atoms with E-state index in [4.69, 9.17) is 9.62 Å². The summed E-state index contributed by atoms with van der Waals surface area (Å²) in [5.74, 6) is 0. The summed E-state index contributed by atoms with van der Waals surface area (Å²) in [7, 11) is 0. The van der Waals surface area contributed by atoms with Gasteiger partial charge in [-0.1, -0.05) is 30.3 Å². The van der Waals surface area contributed by atoms with E-state index in [-0.39, 0.29) is 0 Å². The highest BCUT2D eigenvalue weighted by molar-refractivity contribution is 6.08. The Morgan fingerprint density at radius 1 is 0.933 bits per heavy atom. The first kappa shape index (κ1) is 8.32. The molecular formula is C12H9NO2. The molecule has 3 heteroatoms. The van der Waals surface area contributed by atoms with Crippen LogP contribution in [0.5, 0.6) is 0 Å². The second-order valence-corrected chi connectivity index (χ2v) is 3.39. The van der Waals surface area contributed by atoms with E-state index in [0.29, 0.717) is 11.3 Å². The minimum absolute atomic E-state index is 0.587. The lowest BCUT2D eigenvalue weighted by Crippen LogP contribution is -1.87. The van der Waals surface area contributed by atoms with E-state index < -0.39 is 0 Å². The summed E-state index contributed by atoms with van der Waals surface area (Å²) in [6, 6.07) is 13.4. The molecule has 0 atom stereocenters. The number of rotatable bonds is 1. The van der Waals surface area contributed by atoms with E-state index in [1.54, 1.807) is 6.07 Å². The van der Waals surface area contributed by atoms with Crippen molar-refractivity contribution in [3.05, 3.63) is 42.5 Å². The molecule has 0 aliphatic carbocycles. The fourth-order valence-electron chi connectivity index (χ4n) is 1.84. The Balaban J connectivity index is 2.53. The standard InChI is InChI=1S/C12H9NO2/c14-13-10-6-3-5-9-8-4-1-2-7-11(8)15-12(9)10/h1-7,13-14H. The van der Waals surface area contributed by atoms with Gasteiger partial charge in [0.05, 0.1) is 0 Å². The third-order valence-electron chi connectivity index (χ3n) is 2.52. The molecule has 0 saturated heterocycles. The molecule has 0 radical (unpaired) electrons. The molecule has 0 aliphatic heterocycles. The van der Waals surface area contributed by atoms with Gasteiger partial charge in [0, 0.05) is 10.8 Å². The second-order valence-electron chi connectivity index (χ2n) is 3.39. The molecule has 2 N–H and O–H groups in total. The third kappa shape index (κ3) is 1.10. The maximum absolute atomic E-state index is 8.95. The van der Waals surface area contributed by atoms with Gasteiger partial charge in [-0.25, -0.2) is 0 Å². The highest BCUT2D eigenvalue weighted by Gasteiger charge is 2.08. The normalized spacial score (nSPS) is 11.0. The molecular weight excluding hydrogens is 190 g/mol. The number of anilines is 1. The van der Waals surface area contributed by atoms with Gasteiger partial charge < -0.3 is 4.42 Å². The van der Waals surface area contributed by atoms with Crippen molar-refractivity contribution >= 4 is 27.6 Å². The molecule has 0 amide bonds. The Morgan fingerprint density at radius 2 is 1.73 bits per heavy atom. The quantitative estimate of drug-likeness (QED) is 0.590. The van der Waals surface area contributed by atoms with E-state index in [1.165, 1.54) is 0 Å². The number of nitrogens with one attached hydrogen (secondary N) is 1. The Labute approximate surface area is 85.9 Å². The van der Waals surface area contributed by atoms with Crippen LogP contribution in [0.1, 0.15) is 0 Å². The fraction of sp³-hybridized carbons (Fsp3) is 0. The molecule has 1 heterocycles. The Morgan fingerprint density at radius 3 is 2.60 bits per heavy atom. The van der Waals surface area contributed by atoms with Gasteiger partial charge in [0.25, 0.3) is 0 Å². The molecule has 3 nitrogen and oxygen atoms in total. The van der Waals surface area contributed by atoms with E-state index >= 15 is 0 Å². The van der Waals surface area contributed by atoms with Crippen molar-refractivity contribution in [2.24, 2.45) is 0 Å². The van der Waals surface area contributed by atoms with Crippen LogP contribution in [0.2, 0.25) is 0 Å². The number of hydrogen-bond acceptors (Lipinski definition) is 3. The zero-order chi connectivity index (χ0) is 10.3. The Bertz CT molecular complexity index is 628. The first-order chi connectivity index (χ1) is 7.40. The molecule has 74 valence electrons. The topological polar surface area (TPSA) is 45.4 Å². The third-order valence-corrected chi connectivity index (χ3v) is 2.52. The van der Waals surface area contributed by atoms with Crippen molar-refractivity contribution in [1.29, 1.82) is 0 Å². The van der Waals surface area contributed by atoms with Crippen molar-refractivity contribution < 1.29 is 9.62 Å². The molecule has 0 spiro atoms. The van der Waals surface area contributed by atoms with Crippen LogP contribution in [0.15, 0.2) is 46.9 Å². The SMILES string of the molecule is ONc1cccc2c1oc1ccccc12. The number of furan rings is 1.